The fourth-order valence-corrected chi connectivity index (χ4v) is 3.00. The number of fused-ring (bicyclic) bond motifs is 1. The lowest BCUT2D eigenvalue weighted by molar-refractivity contribution is 0.102. The first-order valence-electron chi connectivity index (χ1n) is 9.01. The smallest absolute Gasteiger partial charge is 0.411 e. The molecule has 0 aromatic heterocycles. The zero-order valence-corrected chi connectivity index (χ0v) is 16.1. The normalized spacial score (nSPS) is 14.5. The van der Waals surface area contributed by atoms with Crippen molar-refractivity contribution in [3.8, 4) is 5.75 Å². The molecule has 28 heavy (non-hydrogen) atoms. The molecule has 0 saturated carbocycles. The topological polar surface area (TPSA) is 100 Å². The first kappa shape index (κ1) is 19.4. The molecular weight excluding hydrogens is 358 g/mol. The molecule has 7 nitrogen and oxygen atoms in total. The van der Waals surface area contributed by atoms with Crippen LogP contribution < -0.4 is 15.4 Å². The van der Waals surface area contributed by atoms with Crippen molar-refractivity contribution in [1.82, 2.24) is 5.32 Å². The van der Waals surface area contributed by atoms with Gasteiger partial charge in [0, 0.05) is 16.7 Å². The van der Waals surface area contributed by atoms with Gasteiger partial charge in [0.15, 0.2) is 5.75 Å². The third-order valence-electron chi connectivity index (χ3n) is 4.25. The van der Waals surface area contributed by atoms with E-state index in [4.69, 9.17) is 9.94 Å². The van der Waals surface area contributed by atoms with Gasteiger partial charge in [0.25, 0.3) is 5.91 Å². The third kappa shape index (κ3) is 4.49. The van der Waals surface area contributed by atoms with E-state index >= 15 is 0 Å². The van der Waals surface area contributed by atoms with Crippen molar-refractivity contribution in [2.24, 2.45) is 5.16 Å². The Morgan fingerprint density at radius 3 is 2.57 bits per heavy atom. The van der Waals surface area contributed by atoms with Gasteiger partial charge >= 0.3 is 6.09 Å². The number of hydrogen-bond acceptors (Lipinski definition) is 5. The van der Waals surface area contributed by atoms with E-state index < -0.39 is 11.6 Å². The van der Waals surface area contributed by atoms with E-state index in [1.165, 1.54) is 0 Å². The molecule has 0 radical (unpaired) electrons. The van der Waals surface area contributed by atoms with Gasteiger partial charge in [-0.1, -0.05) is 23.4 Å². The van der Waals surface area contributed by atoms with Crippen molar-refractivity contribution >= 4 is 23.4 Å². The molecule has 2 aromatic carbocycles. The number of nitrogens with one attached hydrogen (secondary N) is 2. The molecule has 0 spiro atoms. The Labute approximate surface area is 163 Å². The molecule has 0 fully saturated rings. The van der Waals surface area contributed by atoms with Gasteiger partial charge < -0.3 is 20.6 Å². The van der Waals surface area contributed by atoms with E-state index in [0.29, 0.717) is 23.4 Å². The van der Waals surface area contributed by atoms with Crippen molar-refractivity contribution in [3.63, 3.8) is 0 Å². The SMILES string of the molecule is CC(C)(C)NC(=O)Oc1ccccc1NC(=O)c1ccc2c(c1)CC/C2=N/O. The second-order valence-electron chi connectivity index (χ2n) is 7.63. The van der Waals surface area contributed by atoms with Gasteiger partial charge in [-0.3, -0.25) is 4.79 Å². The van der Waals surface area contributed by atoms with Crippen LogP contribution in [0.4, 0.5) is 10.5 Å². The van der Waals surface area contributed by atoms with Crippen LogP contribution in [0.25, 0.3) is 0 Å². The van der Waals surface area contributed by atoms with Crippen LogP contribution in [0.5, 0.6) is 5.75 Å². The van der Waals surface area contributed by atoms with Crippen LogP contribution in [-0.2, 0) is 6.42 Å². The lowest BCUT2D eigenvalue weighted by Crippen LogP contribution is -2.42. The minimum atomic E-state index is -0.595. The van der Waals surface area contributed by atoms with Crippen molar-refractivity contribution in [1.29, 1.82) is 0 Å². The van der Waals surface area contributed by atoms with Crippen molar-refractivity contribution in [2.75, 3.05) is 5.32 Å². The monoisotopic (exact) mass is 381 g/mol. The van der Waals surface area contributed by atoms with Crippen LogP contribution in [0.2, 0.25) is 0 Å². The van der Waals surface area contributed by atoms with E-state index in [0.717, 1.165) is 17.5 Å². The summed E-state index contributed by atoms with van der Waals surface area (Å²) >= 11 is 0. The molecule has 7 heteroatoms. The van der Waals surface area contributed by atoms with Gasteiger partial charge in [-0.2, -0.15) is 0 Å². The van der Waals surface area contributed by atoms with Crippen molar-refractivity contribution in [3.05, 3.63) is 59.2 Å². The van der Waals surface area contributed by atoms with E-state index in [2.05, 4.69) is 15.8 Å². The number of oxime groups is 1. The number of anilines is 1. The van der Waals surface area contributed by atoms with Gasteiger partial charge in [0.2, 0.25) is 0 Å². The summed E-state index contributed by atoms with van der Waals surface area (Å²) < 4.78 is 5.35. The Morgan fingerprint density at radius 2 is 1.86 bits per heavy atom. The minimum absolute atomic E-state index is 0.258. The highest BCUT2D eigenvalue weighted by molar-refractivity contribution is 6.08. The highest BCUT2D eigenvalue weighted by atomic mass is 16.6. The average molecular weight is 381 g/mol. The summed E-state index contributed by atoms with van der Waals surface area (Å²) in [5.74, 6) is -0.0575. The number of aryl methyl sites for hydroxylation is 1. The van der Waals surface area contributed by atoms with Gasteiger partial charge in [0.1, 0.15) is 0 Å². The lowest BCUT2D eigenvalue weighted by atomic mass is 10.1. The number of hydrogen-bond donors (Lipinski definition) is 3. The summed E-state index contributed by atoms with van der Waals surface area (Å²) in [6.45, 7) is 5.55. The average Bonchev–Trinajstić information content (AvgIpc) is 3.04. The Hall–Kier alpha value is -3.35. The number of benzene rings is 2. The van der Waals surface area contributed by atoms with Crippen LogP contribution in [0.15, 0.2) is 47.6 Å². The number of para-hydroxylation sites is 2. The predicted molar refractivity (Wildman–Crippen MR) is 106 cm³/mol. The first-order chi connectivity index (χ1) is 13.3. The summed E-state index contributed by atoms with van der Waals surface area (Å²) in [7, 11) is 0. The van der Waals surface area contributed by atoms with E-state index in [9.17, 15) is 9.59 Å². The summed E-state index contributed by atoms with van der Waals surface area (Å²) in [5.41, 5.74) is 2.90. The Kier molecular flexibility index (Phi) is 5.35. The fraction of sp³-hybridized carbons (Fsp3) is 0.286. The third-order valence-corrected chi connectivity index (χ3v) is 4.25. The number of carbonyl (C=O) groups is 2. The van der Waals surface area contributed by atoms with Gasteiger partial charge in [-0.15, -0.1) is 0 Å². The highest BCUT2D eigenvalue weighted by Crippen LogP contribution is 2.27. The maximum Gasteiger partial charge on any atom is 0.413 e. The van der Waals surface area contributed by atoms with E-state index in [-0.39, 0.29) is 11.7 Å². The van der Waals surface area contributed by atoms with Crippen LogP contribution in [0, 0.1) is 0 Å². The Balaban J connectivity index is 1.76. The minimum Gasteiger partial charge on any atom is -0.411 e. The standard InChI is InChI=1S/C21H23N3O4/c1-21(2,3)23-20(26)28-18-7-5-4-6-17(18)22-19(25)14-8-10-15-13(12-14)9-11-16(15)24-27/h4-8,10,12,27H,9,11H2,1-3H3,(H,22,25)(H,23,26)/b24-16-. The Bertz CT molecular complexity index is 945. The van der Waals surface area contributed by atoms with E-state index in [1.54, 1.807) is 42.5 Å². The van der Waals surface area contributed by atoms with Crippen LogP contribution >= 0.6 is 0 Å². The maximum atomic E-state index is 12.7. The molecule has 2 aromatic rings. The molecule has 3 N–H and O–H groups in total. The van der Waals surface area contributed by atoms with Gasteiger partial charge in [0.05, 0.1) is 11.4 Å². The Morgan fingerprint density at radius 1 is 1.11 bits per heavy atom. The summed E-state index contributed by atoms with van der Waals surface area (Å²) in [6.07, 6.45) is 0.779. The van der Waals surface area contributed by atoms with Crippen LogP contribution in [0.3, 0.4) is 0 Å². The molecule has 0 unspecified atom stereocenters. The first-order valence-corrected chi connectivity index (χ1v) is 9.01. The van der Waals surface area contributed by atoms with Crippen molar-refractivity contribution < 1.29 is 19.5 Å². The number of amides is 2. The zero-order valence-electron chi connectivity index (χ0n) is 16.1. The summed E-state index contributed by atoms with van der Waals surface area (Å²) in [4.78, 5) is 24.7. The second-order valence-corrected chi connectivity index (χ2v) is 7.63. The quantitative estimate of drug-likeness (QED) is 0.554. The highest BCUT2D eigenvalue weighted by Gasteiger charge is 2.21. The summed E-state index contributed by atoms with van der Waals surface area (Å²) in [5, 5.41) is 17.8. The molecule has 1 aliphatic rings. The van der Waals surface area contributed by atoms with Gasteiger partial charge in [-0.25, -0.2) is 4.79 Å². The van der Waals surface area contributed by atoms with Crippen molar-refractivity contribution in [2.45, 2.75) is 39.2 Å². The molecule has 1 aliphatic carbocycles. The second kappa shape index (κ2) is 7.72. The maximum absolute atomic E-state index is 12.7. The molecule has 146 valence electrons. The number of carbonyl (C=O) groups excluding carboxylic acids is 2. The predicted octanol–water partition coefficient (Wildman–Crippen LogP) is 3.95. The molecular formula is C21H23N3O4. The molecule has 0 aliphatic heterocycles. The fourth-order valence-electron chi connectivity index (χ4n) is 3.00. The molecule has 0 bridgehead atoms. The molecule has 2 amide bonds. The molecule has 0 saturated heterocycles. The number of nitrogens with zero attached hydrogens (tertiary/aromatic N) is 1. The molecule has 0 heterocycles. The van der Waals surface area contributed by atoms with E-state index in [1.807, 2.05) is 20.8 Å². The van der Waals surface area contributed by atoms with Crippen LogP contribution in [-0.4, -0.2) is 28.5 Å². The molecule has 3 rings (SSSR count). The molecule has 0 atom stereocenters. The van der Waals surface area contributed by atoms with Gasteiger partial charge in [-0.05, 0) is 63.4 Å². The zero-order chi connectivity index (χ0) is 20.3. The van der Waals surface area contributed by atoms with Crippen LogP contribution in [0.1, 0.15) is 48.7 Å². The number of ether oxygens (including phenoxy) is 1. The lowest BCUT2D eigenvalue weighted by Gasteiger charge is -2.20. The summed E-state index contributed by atoms with van der Waals surface area (Å²) in [6, 6.07) is 12.0. The number of rotatable bonds is 3. The largest absolute Gasteiger partial charge is 0.413 e.